The Bertz CT molecular complexity index is 590. The summed E-state index contributed by atoms with van der Waals surface area (Å²) < 4.78 is 7.39. The lowest BCUT2D eigenvalue weighted by Gasteiger charge is -2.03. The Labute approximate surface area is 100 Å². The molecule has 7 heteroatoms. The van der Waals surface area contributed by atoms with Crippen molar-refractivity contribution >= 4 is 22.6 Å². The number of nitrogens with zero attached hydrogens (tertiary/aromatic N) is 1. The number of amides is 1. The van der Waals surface area contributed by atoms with Gasteiger partial charge in [0.15, 0.2) is 0 Å². The summed E-state index contributed by atoms with van der Waals surface area (Å²) in [5.41, 5.74) is -0.0389. The Balaban J connectivity index is 2.16. The highest BCUT2D eigenvalue weighted by Gasteiger charge is 2.09. The lowest BCUT2D eigenvalue weighted by molar-refractivity contribution is 0.102. The minimum absolute atomic E-state index is 0.239. The number of benzene rings is 1. The number of hydrogen-bond acceptors (Lipinski definition) is 5. The van der Waals surface area contributed by atoms with Crippen LogP contribution in [-0.2, 0) is 0 Å². The van der Waals surface area contributed by atoms with Gasteiger partial charge in [-0.15, -0.1) is 0 Å². The van der Waals surface area contributed by atoms with Crippen LogP contribution in [0.3, 0.4) is 0 Å². The van der Waals surface area contributed by atoms with E-state index in [1.54, 1.807) is 24.3 Å². The lowest BCUT2D eigenvalue weighted by atomic mass is 10.2. The van der Waals surface area contributed by atoms with Gasteiger partial charge in [-0.05, 0) is 29.7 Å². The number of anilines is 1. The van der Waals surface area contributed by atoms with Crippen molar-refractivity contribution in [2.45, 2.75) is 0 Å². The number of H-pyrrole nitrogens is 1. The van der Waals surface area contributed by atoms with Gasteiger partial charge in [0.1, 0.15) is 5.75 Å². The van der Waals surface area contributed by atoms with Crippen molar-refractivity contribution in [1.29, 1.82) is 0 Å². The van der Waals surface area contributed by atoms with Crippen LogP contribution in [0.5, 0.6) is 5.75 Å². The standard InChI is InChI=1S/C10H9N3O3S/c1-16-7-4-2-3-6(5-7)8(14)11-10-12-9(15)13-17-10/h2-5H,1H3,(H2,11,12,13,14,15). The Morgan fingerprint density at radius 1 is 1.53 bits per heavy atom. The van der Waals surface area contributed by atoms with Crippen molar-refractivity contribution in [1.82, 2.24) is 9.36 Å². The van der Waals surface area contributed by atoms with Crippen molar-refractivity contribution in [3.63, 3.8) is 0 Å². The summed E-state index contributed by atoms with van der Waals surface area (Å²) in [6.07, 6.45) is 0. The molecule has 1 aromatic carbocycles. The van der Waals surface area contributed by atoms with E-state index in [1.807, 2.05) is 0 Å². The van der Waals surface area contributed by atoms with Crippen LogP contribution in [0, 0.1) is 0 Å². The van der Waals surface area contributed by atoms with E-state index in [9.17, 15) is 9.59 Å². The molecule has 0 atom stereocenters. The summed E-state index contributed by atoms with van der Waals surface area (Å²) in [5.74, 6) is 0.250. The highest BCUT2D eigenvalue weighted by molar-refractivity contribution is 7.09. The van der Waals surface area contributed by atoms with Gasteiger partial charge in [-0.2, -0.15) is 4.98 Å². The molecule has 0 unspecified atom stereocenters. The second-order valence-electron chi connectivity index (χ2n) is 3.11. The topological polar surface area (TPSA) is 84.1 Å². The molecule has 0 aliphatic rings. The summed E-state index contributed by atoms with van der Waals surface area (Å²) in [6.45, 7) is 0. The minimum Gasteiger partial charge on any atom is -0.497 e. The SMILES string of the molecule is COc1cccc(C(=O)Nc2nc(=O)[nH]s2)c1. The molecule has 2 N–H and O–H groups in total. The zero-order valence-electron chi connectivity index (χ0n) is 8.89. The predicted octanol–water partition coefficient (Wildman–Crippen LogP) is 1.09. The van der Waals surface area contributed by atoms with E-state index in [0.29, 0.717) is 11.3 Å². The molecular formula is C10H9N3O3S. The molecular weight excluding hydrogens is 242 g/mol. The molecule has 2 aromatic rings. The first-order valence-corrected chi connectivity index (χ1v) is 5.51. The number of aromatic amines is 1. The number of rotatable bonds is 3. The highest BCUT2D eigenvalue weighted by Crippen LogP contribution is 2.14. The number of aromatic nitrogens is 2. The average molecular weight is 251 g/mol. The second kappa shape index (κ2) is 4.79. The maximum Gasteiger partial charge on any atom is 0.357 e. The van der Waals surface area contributed by atoms with Crippen molar-refractivity contribution in [3.05, 3.63) is 40.3 Å². The van der Waals surface area contributed by atoms with Gasteiger partial charge < -0.3 is 4.74 Å². The molecule has 0 aliphatic heterocycles. The third kappa shape index (κ3) is 2.70. The maximum absolute atomic E-state index is 11.8. The number of ether oxygens (including phenoxy) is 1. The van der Waals surface area contributed by atoms with Crippen LogP contribution in [0.1, 0.15) is 10.4 Å². The van der Waals surface area contributed by atoms with Crippen LogP contribution in [0.4, 0.5) is 5.13 Å². The number of carbonyl (C=O) groups excluding carboxylic acids is 1. The summed E-state index contributed by atoms with van der Waals surface area (Å²) in [5, 5.41) is 2.75. The van der Waals surface area contributed by atoms with Crippen molar-refractivity contribution in [3.8, 4) is 5.75 Å². The fourth-order valence-corrected chi connectivity index (χ4v) is 1.72. The first-order chi connectivity index (χ1) is 8.19. The van der Waals surface area contributed by atoms with Crippen LogP contribution in [0.25, 0.3) is 0 Å². The van der Waals surface area contributed by atoms with Crippen molar-refractivity contribution < 1.29 is 9.53 Å². The van der Waals surface area contributed by atoms with Crippen LogP contribution in [0.2, 0.25) is 0 Å². The molecule has 1 aromatic heterocycles. The molecule has 0 saturated heterocycles. The van der Waals surface area contributed by atoms with Gasteiger partial charge in [0, 0.05) is 5.56 Å². The number of nitrogens with one attached hydrogen (secondary N) is 2. The quantitative estimate of drug-likeness (QED) is 0.855. The molecule has 0 saturated carbocycles. The largest absolute Gasteiger partial charge is 0.497 e. The van der Waals surface area contributed by atoms with E-state index in [1.165, 1.54) is 7.11 Å². The smallest absolute Gasteiger partial charge is 0.357 e. The summed E-state index contributed by atoms with van der Waals surface area (Å²) in [7, 11) is 1.52. The lowest BCUT2D eigenvalue weighted by Crippen LogP contribution is -2.12. The molecule has 1 heterocycles. The van der Waals surface area contributed by atoms with Crippen LogP contribution in [0.15, 0.2) is 29.1 Å². The van der Waals surface area contributed by atoms with Crippen molar-refractivity contribution in [2.24, 2.45) is 0 Å². The minimum atomic E-state index is -0.476. The van der Waals surface area contributed by atoms with Gasteiger partial charge >= 0.3 is 5.69 Å². The molecule has 0 aliphatic carbocycles. The van der Waals surface area contributed by atoms with Gasteiger partial charge in [0.05, 0.1) is 7.11 Å². The Morgan fingerprint density at radius 3 is 3.00 bits per heavy atom. The average Bonchev–Trinajstić information content (AvgIpc) is 2.75. The zero-order valence-corrected chi connectivity index (χ0v) is 9.71. The molecule has 6 nitrogen and oxygen atoms in total. The van der Waals surface area contributed by atoms with Crippen LogP contribution >= 0.6 is 11.5 Å². The zero-order chi connectivity index (χ0) is 12.3. The number of methoxy groups -OCH3 is 1. The summed E-state index contributed by atoms with van der Waals surface area (Å²) >= 11 is 0.971. The van der Waals surface area contributed by atoms with E-state index < -0.39 is 5.69 Å². The molecule has 0 spiro atoms. The number of carbonyl (C=O) groups is 1. The summed E-state index contributed by atoms with van der Waals surface area (Å²) in [6, 6.07) is 6.70. The molecule has 1 amide bonds. The number of hydrogen-bond donors (Lipinski definition) is 2. The van der Waals surface area contributed by atoms with Gasteiger partial charge in [-0.3, -0.25) is 14.5 Å². The monoisotopic (exact) mass is 251 g/mol. The van der Waals surface area contributed by atoms with E-state index in [0.717, 1.165) is 11.5 Å². The van der Waals surface area contributed by atoms with Gasteiger partial charge in [-0.25, -0.2) is 4.79 Å². The Kier molecular flexibility index (Phi) is 3.20. The third-order valence-electron chi connectivity index (χ3n) is 1.99. The third-order valence-corrected chi connectivity index (χ3v) is 2.65. The Hall–Kier alpha value is -2.15. The van der Waals surface area contributed by atoms with Gasteiger partial charge in [-0.1, -0.05) is 6.07 Å². The summed E-state index contributed by atoms with van der Waals surface area (Å²) in [4.78, 5) is 26.1. The maximum atomic E-state index is 11.8. The first-order valence-electron chi connectivity index (χ1n) is 4.70. The predicted molar refractivity (Wildman–Crippen MR) is 63.7 cm³/mol. The molecule has 0 fully saturated rings. The molecule has 17 heavy (non-hydrogen) atoms. The normalized spacial score (nSPS) is 9.94. The van der Waals surface area contributed by atoms with E-state index >= 15 is 0 Å². The van der Waals surface area contributed by atoms with E-state index in [2.05, 4.69) is 14.7 Å². The molecule has 0 radical (unpaired) electrons. The Morgan fingerprint density at radius 2 is 2.35 bits per heavy atom. The molecule has 88 valence electrons. The molecule has 0 bridgehead atoms. The van der Waals surface area contributed by atoms with Crippen LogP contribution in [-0.4, -0.2) is 22.4 Å². The molecule has 2 rings (SSSR count). The second-order valence-corrected chi connectivity index (χ2v) is 3.91. The van der Waals surface area contributed by atoms with Crippen LogP contribution < -0.4 is 15.7 Å². The van der Waals surface area contributed by atoms with E-state index in [-0.39, 0.29) is 11.0 Å². The van der Waals surface area contributed by atoms with Gasteiger partial charge in [0.25, 0.3) is 5.91 Å². The fourth-order valence-electron chi connectivity index (χ4n) is 1.22. The highest BCUT2D eigenvalue weighted by atomic mass is 32.1. The fraction of sp³-hybridized carbons (Fsp3) is 0.100. The first kappa shape index (κ1) is 11.3. The van der Waals surface area contributed by atoms with Crippen molar-refractivity contribution in [2.75, 3.05) is 12.4 Å². The van der Waals surface area contributed by atoms with Gasteiger partial charge in [0.2, 0.25) is 5.13 Å². The van der Waals surface area contributed by atoms with E-state index in [4.69, 9.17) is 4.74 Å².